The van der Waals surface area contributed by atoms with E-state index in [1.54, 1.807) is 18.2 Å². The number of benzene rings is 2. The zero-order valence-corrected chi connectivity index (χ0v) is 12.8. The molecule has 22 heavy (non-hydrogen) atoms. The number of carbonyl (C=O) groups excluding carboxylic acids is 1. The Bertz CT molecular complexity index is 622. The fourth-order valence-electron chi connectivity index (χ4n) is 2.14. The topological polar surface area (TPSA) is 55.8 Å². The number of methoxy groups -OCH3 is 1. The van der Waals surface area contributed by atoms with Crippen molar-refractivity contribution < 1.29 is 19.4 Å². The van der Waals surface area contributed by atoms with Gasteiger partial charge in [0.2, 0.25) is 0 Å². The second-order valence-corrected chi connectivity index (χ2v) is 5.05. The van der Waals surface area contributed by atoms with E-state index in [4.69, 9.17) is 9.47 Å². The zero-order valence-electron chi connectivity index (χ0n) is 12.8. The Balaban J connectivity index is 2.23. The van der Waals surface area contributed by atoms with Crippen molar-refractivity contribution in [2.24, 2.45) is 0 Å². The Morgan fingerprint density at radius 2 is 1.91 bits per heavy atom. The molecule has 0 saturated carbocycles. The van der Waals surface area contributed by atoms with E-state index in [-0.39, 0.29) is 12.4 Å². The van der Waals surface area contributed by atoms with Crippen molar-refractivity contribution in [3.63, 3.8) is 0 Å². The molecule has 4 heteroatoms. The van der Waals surface area contributed by atoms with Crippen LogP contribution in [0.2, 0.25) is 0 Å². The van der Waals surface area contributed by atoms with Gasteiger partial charge in [-0.1, -0.05) is 30.3 Å². The number of ether oxygens (including phenoxy) is 2. The van der Waals surface area contributed by atoms with E-state index in [1.807, 2.05) is 30.3 Å². The van der Waals surface area contributed by atoms with Gasteiger partial charge in [0.05, 0.1) is 6.61 Å². The maximum Gasteiger partial charge on any atom is 0.159 e. The number of aliphatic hydroxyl groups is 1. The summed E-state index contributed by atoms with van der Waals surface area (Å²) in [6.45, 7) is 2.03. The molecule has 0 radical (unpaired) electrons. The number of hydrogen-bond donors (Lipinski definition) is 1. The van der Waals surface area contributed by atoms with E-state index in [0.717, 1.165) is 5.56 Å². The fraction of sp³-hybridized carbons (Fsp3) is 0.278. The molecule has 0 bridgehead atoms. The van der Waals surface area contributed by atoms with Gasteiger partial charge in [-0.3, -0.25) is 4.79 Å². The SMILES string of the molecule is COC[C@@H](O)c1cc(C(C)=O)ccc1OCc1ccccc1. The molecule has 0 aliphatic heterocycles. The Morgan fingerprint density at radius 1 is 1.18 bits per heavy atom. The Hall–Kier alpha value is -2.17. The Labute approximate surface area is 130 Å². The summed E-state index contributed by atoms with van der Waals surface area (Å²) in [6, 6.07) is 14.8. The van der Waals surface area contributed by atoms with Crippen LogP contribution in [0.3, 0.4) is 0 Å². The first kappa shape index (κ1) is 16.2. The molecule has 0 amide bonds. The predicted octanol–water partition coefficient (Wildman–Crippen LogP) is 3.15. The smallest absolute Gasteiger partial charge is 0.159 e. The van der Waals surface area contributed by atoms with E-state index < -0.39 is 6.10 Å². The standard InChI is InChI=1S/C18H20O4/c1-13(19)15-8-9-18(16(10-15)17(20)12-21-2)22-11-14-6-4-3-5-7-14/h3-10,17,20H,11-12H2,1-2H3/t17-/m1/s1. The first-order valence-corrected chi connectivity index (χ1v) is 7.10. The molecule has 0 fully saturated rings. The highest BCUT2D eigenvalue weighted by Crippen LogP contribution is 2.28. The van der Waals surface area contributed by atoms with Gasteiger partial charge >= 0.3 is 0 Å². The van der Waals surface area contributed by atoms with Crippen molar-refractivity contribution >= 4 is 5.78 Å². The van der Waals surface area contributed by atoms with Gasteiger partial charge in [-0.25, -0.2) is 0 Å². The summed E-state index contributed by atoms with van der Waals surface area (Å²) in [5, 5.41) is 10.2. The minimum absolute atomic E-state index is 0.0551. The first-order chi connectivity index (χ1) is 10.6. The van der Waals surface area contributed by atoms with Crippen molar-refractivity contribution in [1.82, 2.24) is 0 Å². The highest BCUT2D eigenvalue weighted by atomic mass is 16.5. The molecule has 0 saturated heterocycles. The van der Waals surface area contributed by atoms with Gasteiger partial charge in [-0.2, -0.15) is 0 Å². The van der Waals surface area contributed by atoms with Crippen LogP contribution in [0.4, 0.5) is 0 Å². The molecule has 1 N–H and O–H groups in total. The zero-order chi connectivity index (χ0) is 15.9. The lowest BCUT2D eigenvalue weighted by molar-refractivity contribution is 0.0620. The number of hydrogen-bond acceptors (Lipinski definition) is 4. The van der Waals surface area contributed by atoms with Crippen LogP contribution in [0, 0.1) is 0 Å². The average Bonchev–Trinajstić information content (AvgIpc) is 2.54. The quantitative estimate of drug-likeness (QED) is 0.798. The van der Waals surface area contributed by atoms with E-state index in [9.17, 15) is 9.90 Å². The molecule has 0 heterocycles. The molecule has 116 valence electrons. The van der Waals surface area contributed by atoms with Gasteiger partial charge < -0.3 is 14.6 Å². The second kappa shape index (κ2) is 7.73. The maximum atomic E-state index is 11.5. The van der Waals surface area contributed by atoms with Gasteiger partial charge in [0.1, 0.15) is 18.5 Å². The monoisotopic (exact) mass is 300 g/mol. The highest BCUT2D eigenvalue weighted by Gasteiger charge is 2.16. The summed E-state index contributed by atoms with van der Waals surface area (Å²) in [7, 11) is 1.52. The number of rotatable bonds is 7. The third-order valence-electron chi connectivity index (χ3n) is 3.34. The van der Waals surface area contributed by atoms with Gasteiger partial charge in [0.25, 0.3) is 0 Å². The molecule has 0 aromatic heterocycles. The number of ketones is 1. The first-order valence-electron chi connectivity index (χ1n) is 7.10. The summed E-state index contributed by atoms with van der Waals surface area (Å²) >= 11 is 0. The summed E-state index contributed by atoms with van der Waals surface area (Å²) in [4.78, 5) is 11.5. The van der Waals surface area contributed by atoms with Gasteiger partial charge in [0, 0.05) is 18.2 Å². The lowest BCUT2D eigenvalue weighted by Gasteiger charge is -2.17. The van der Waals surface area contributed by atoms with E-state index in [1.165, 1.54) is 14.0 Å². The third kappa shape index (κ3) is 4.16. The number of aliphatic hydroxyl groups excluding tert-OH is 1. The molecular formula is C18H20O4. The second-order valence-electron chi connectivity index (χ2n) is 5.05. The molecule has 4 nitrogen and oxygen atoms in total. The van der Waals surface area contributed by atoms with Crippen molar-refractivity contribution in [3.05, 3.63) is 65.2 Å². The maximum absolute atomic E-state index is 11.5. The van der Waals surface area contributed by atoms with Crippen molar-refractivity contribution in [2.45, 2.75) is 19.6 Å². The van der Waals surface area contributed by atoms with E-state index >= 15 is 0 Å². The van der Waals surface area contributed by atoms with Crippen LogP contribution >= 0.6 is 0 Å². The van der Waals surface area contributed by atoms with Gasteiger partial charge in [-0.15, -0.1) is 0 Å². The van der Waals surface area contributed by atoms with Gasteiger partial charge in [-0.05, 0) is 30.7 Å². The third-order valence-corrected chi connectivity index (χ3v) is 3.34. The van der Waals surface area contributed by atoms with E-state index in [2.05, 4.69) is 0 Å². The predicted molar refractivity (Wildman–Crippen MR) is 84.1 cm³/mol. The Morgan fingerprint density at radius 3 is 2.55 bits per heavy atom. The lowest BCUT2D eigenvalue weighted by Crippen LogP contribution is -2.09. The number of carbonyl (C=O) groups is 1. The molecule has 0 aliphatic rings. The minimum atomic E-state index is -0.838. The molecule has 0 aliphatic carbocycles. The summed E-state index contributed by atoms with van der Waals surface area (Å²) in [5.41, 5.74) is 2.13. The molecular weight excluding hydrogens is 280 g/mol. The fourth-order valence-corrected chi connectivity index (χ4v) is 2.14. The summed E-state index contributed by atoms with van der Waals surface area (Å²) in [6.07, 6.45) is -0.838. The number of Topliss-reactive ketones (excluding diaryl/α,β-unsaturated/α-hetero) is 1. The molecule has 2 aromatic rings. The summed E-state index contributed by atoms with van der Waals surface area (Å²) in [5.74, 6) is 0.499. The average molecular weight is 300 g/mol. The van der Waals surface area contributed by atoms with E-state index in [0.29, 0.717) is 23.5 Å². The molecule has 0 unspecified atom stereocenters. The van der Waals surface area contributed by atoms with Gasteiger partial charge in [0.15, 0.2) is 5.78 Å². The lowest BCUT2D eigenvalue weighted by atomic mass is 10.0. The molecule has 2 aromatic carbocycles. The van der Waals surface area contributed by atoms with Crippen LogP contribution in [0.15, 0.2) is 48.5 Å². The van der Waals surface area contributed by atoms with Crippen LogP contribution in [0.5, 0.6) is 5.75 Å². The normalized spacial score (nSPS) is 12.0. The van der Waals surface area contributed by atoms with Crippen molar-refractivity contribution in [3.8, 4) is 5.75 Å². The van der Waals surface area contributed by atoms with Crippen LogP contribution in [-0.2, 0) is 11.3 Å². The minimum Gasteiger partial charge on any atom is -0.489 e. The van der Waals surface area contributed by atoms with Crippen LogP contribution < -0.4 is 4.74 Å². The van der Waals surface area contributed by atoms with Crippen LogP contribution in [-0.4, -0.2) is 24.6 Å². The summed E-state index contributed by atoms with van der Waals surface area (Å²) < 4.78 is 10.8. The highest BCUT2D eigenvalue weighted by molar-refractivity contribution is 5.94. The Kier molecular flexibility index (Phi) is 5.69. The van der Waals surface area contributed by atoms with Crippen molar-refractivity contribution in [1.29, 1.82) is 0 Å². The molecule has 2 rings (SSSR count). The molecule has 0 spiro atoms. The van der Waals surface area contributed by atoms with Crippen molar-refractivity contribution in [2.75, 3.05) is 13.7 Å². The van der Waals surface area contributed by atoms with Crippen LogP contribution in [0.1, 0.15) is 34.5 Å². The van der Waals surface area contributed by atoms with Crippen LogP contribution in [0.25, 0.3) is 0 Å². The largest absolute Gasteiger partial charge is 0.489 e. The molecule has 1 atom stereocenters.